The van der Waals surface area contributed by atoms with E-state index < -0.39 is 23.8 Å². The van der Waals surface area contributed by atoms with E-state index in [-0.39, 0.29) is 0 Å². The Kier molecular flexibility index (Phi) is 5.78. The van der Waals surface area contributed by atoms with E-state index in [2.05, 4.69) is 6.41 Å². The normalized spacial score (nSPS) is 13.2. The van der Waals surface area contributed by atoms with Crippen LogP contribution in [-0.2, 0) is 19.4 Å². The van der Waals surface area contributed by atoms with Crippen molar-refractivity contribution in [1.29, 1.82) is 0 Å². The standard InChI is InChI=1S/C17H15IN2O2/c1-17(16-10-6-3-7-11-16,18(19-13-21)20-14-22)12-15-8-4-2-5-9-15/h2-11H,12H2,1H3. The van der Waals surface area contributed by atoms with Crippen LogP contribution in [0.2, 0.25) is 0 Å². The fourth-order valence-corrected chi connectivity index (χ4v) is 5.54. The summed E-state index contributed by atoms with van der Waals surface area (Å²) in [5, 5.41) is 0. The molecule has 0 aliphatic rings. The quantitative estimate of drug-likeness (QED) is 0.313. The average molecular weight is 406 g/mol. The molecule has 22 heavy (non-hydrogen) atoms. The first-order valence-corrected chi connectivity index (χ1v) is 9.67. The van der Waals surface area contributed by atoms with Crippen LogP contribution in [0.1, 0.15) is 18.1 Å². The molecule has 0 aliphatic carbocycles. The van der Waals surface area contributed by atoms with Crippen molar-refractivity contribution < 1.29 is 9.59 Å². The van der Waals surface area contributed by atoms with E-state index >= 15 is 0 Å². The van der Waals surface area contributed by atoms with Gasteiger partial charge in [-0.05, 0) is 0 Å². The van der Waals surface area contributed by atoms with Gasteiger partial charge in [0.1, 0.15) is 0 Å². The van der Waals surface area contributed by atoms with Crippen molar-refractivity contribution in [2.75, 3.05) is 0 Å². The molecular formula is C17H15IN2O2. The molecule has 0 fully saturated rings. The van der Waals surface area contributed by atoms with Gasteiger partial charge < -0.3 is 0 Å². The Morgan fingerprint density at radius 3 is 1.91 bits per heavy atom. The minimum absolute atomic E-state index is 0.485. The van der Waals surface area contributed by atoms with Gasteiger partial charge in [-0.2, -0.15) is 0 Å². The van der Waals surface area contributed by atoms with Crippen LogP contribution >= 0.6 is 20.4 Å². The molecule has 0 heterocycles. The summed E-state index contributed by atoms with van der Waals surface area (Å²) < 4.78 is 7.28. The minimum atomic E-state index is -2.66. The summed E-state index contributed by atoms with van der Waals surface area (Å²) in [6, 6.07) is 19.7. The number of hydrogen-bond acceptors (Lipinski definition) is 4. The van der Waals surface area contributed by atoms with Gasteiger partial charge in [0.05, 0.1) is 0 Å². The molecule has 0 saturated heterocycles. The Bertz CT molecular complexity index is 690. The van der Waals surface area contributed by atoms with Crippen molar-refractivity contribution in [3.63, 3.8) is 0 Å². The number of carbonyl (C=O) groups excluding carboxylic acids is 2. The van der Waals surface area contributed by atoms with Gasteiger partial charge in [-0.1, -0.05) is 0 Å². The number of halogens is 1. The number of alkyl halides is 1. The van der Waals surface area contributed by atoms with Crippen molar-refractivity contribution in [2.45, 2.75) is 16.8 Å². The SMILES string of the molecule is CC(Cc1ccccc1)(c1ccccc1)I(N=C=O)N=C=O. The Balaban J connectivity index is 2.52. The van der Waals surface area contributed by atoms with Gasteiger partial charge in [0, 0.05) is 0 Å². The molecule has 0 aliphatic heterocycles. The molecule has 1 atom stereocenters. The maximum atomic E-state index is 10.8. The van der Waals surface area contributed by atoms with Crippen molar-refractivity contribution in [1.82, 2.24) is 0 Å². The molecule has 2 aromatic carbocycles. The average Bonchev–Trinajstić information content (AvgIpc) is 2.56. The van der Waals surface area contributed by atoms with Crippen molar-refractivity contribution in [2.24, 2.45) is 6.41 Å². The van der Waals surface area contributed by atoms with Gasteiger partial charge in [0.25, 0.3) is 0 Å². The van der Waals surface area contributed by atoms with Gasteiger partial charge in [-0.3, -0.25) is 0 Å². The van der Waals surface area contributed by atoms with Crippen LogP contribution in [0.3, 0.4) is 0 Å². The second-order valence-corrected chi connectivity index (χ2v) is 9.56. The monoisotopic (exact) mass is 406 g/mol. The van der Waals surface area contributed by atoms with Crippen molar-refractivity contribution in [3.8, 4) is 0 Å². The van der Waals surface area contributed by atoms with Crippen LogP contribution in [0.4, 0.5) is 0 Å². The first-order chi connectivity index (χ1) is 10.7. The van der Waals surface area contributed by atoms with Gasteiger partial charge in [0.2, 0.25) is 0 Å². The van der Waals surface area contributed by atoms with E-state index in [1.165, 1.54) is 0 Å². The molecule has 0 bridgehead atoms. The van der Waals surface area contributed by atoms with E-state index in [0.29, 0.717) is 6.42 Å². The summed E-state index contributed by atoms with van der Waals surface area (Å²) in [5.74, 6) is 0. The summed E-state index contributed by atoms with van der Waals surface area (Å²) in [5.41, 5.74) is 2.13. The molecule has 0 N–H and O–H groups in total. The summed E-state index contributed by atoms with van der Waals surface area (Å²) >= 11 is -2.66. The molecule has 5 heteroatoms. The second-order valence-electron chi connectivity index (χ2n) is 4.82. The third kappa shape index (κ3) is 3.77. The molecule has 112 valence electrons. The van der Waals surface area contributed by atoms with Gasteiger partial charge in [-0.15, -0.1) is 0 Å². The van der Waals surface area contributed by atoms with Crippen LogP contribution in [-0.4, -0.2) is 12.2 Å². The predicted molar refractivity (Wildman–Crippen MR) is 94.2 cm³/mol. The Morgan fingerprint density at radius 2 is 1.41 bits per heavy atom. The zero-order valence-electron chi connectivity index (χ0n) is 12.1. The van der Waals surface area contributed by atoms with E-state index in [1.807, 2.05) is 67.6 Å². The zero-order chi connectivity index (χ0) is 15.8. The first kappa shape index (κ1) is 16.3. The van der Waals surface area contributed by atoms with Gasteiger partial charge in [0.15, 0.2) is 0 Å². The third-order valence-corrected chi connectivity index (χ3v) is 7.80. The third-order valence-electron chi connectivity index (χ3n) is 3.36. The van der Waals surface area contributed by atoms with Crippen LogP contribution in [0.25, 0.3) is 0 Å². The molecule has 0 saturated carbocycles. The first-order valence-electron chi connectivity index (χ1n) is 6.66. The molecule has 0 spiro atoms. The summed E-state index contributed by atoms with van der Waals surface area (Å²) in [4.78, 5) is 21.6. The van der Waals surface area contributed by atoms with Crippen LogP contribution in [0.5, 0.6) is 0 Å². The molecule has 0 amide bonds. The van der Waals surface area contributed by atoms with Crippen LogP contribution in [0.15, 0.2) is 67.1 Å². The number of hydrogen-bond donors (Lipinski definition) is 0. The van der Waals surface area contributed by atoms with Crippen molar-refractivity contribution >= 4 is 32.5 Å². The van der Waals surface area contributed by atoms with Gasteiger partial charge >= 0.3 is 137 Å². The number of nitrogens with zero attached hydrogens (tertiary/aromatic N) is 2. The molecule has 2 rings (SSSR count). The Hall–Kier alpha value is -2.07. The Labute approximate surface area is 137 Å². The summed E-state index contributed by atoms with van der Waals surface area (Å²) in [6.45, 7) is 2.00. The molecule has 0 aromatic heterocycles. The van der Waals surface area contributed by atoms with E-state index in [0.717, 1.165) is 11.1 Å². The van der Waals surface area contributed by atoms with Gasteiger partial charge in [-0.25, -0.2) is 0 Å². The fourth-order valence-electron chi connectivity index (χ4n) is 2.30. The molecule has 4 nitrogen and oxygen atoms in total. The van der Waals surface area contributed by atoms with E-state index in [9.17, 15) is 9.59 Å². The fraction of sp³-hybridized carbons (Fsp3) is 0.176. The molecule has 2 aromatic rings. The zero-order valence-corrected chi connectivity index (χ0v) is 14.2. The van der Waals surface area contributed by atoms with Crippen LogP contribution < -0.4 is 0 Å². The van der Waals surface area contributed by atoms with Crippen molar-refractivity contribution in [3.05, 3.63) is 71.8 Å². The summed E-state index contributed by atoms with van der Waals surface area (Å²) in [6.07, 6.45) is 3.82. The number of benzene rings is 2. The molecule has 0 radical (unpaired) electrons. The Morgan fingerprint density at radius 1 is 0.909 bits per heavy atom. The van der Waals surface area contributed by atoms with E-state index in [4.69, 9.17) is 0 Å². The second kappa shape index (κ2) is 7.80. The summed E-state index contributed by atoms with van der Waals surface area (Å²) in [7, 11) is 0. The number of isocyanates is 2. The van der Waals surface area contributed by atoms with Crippen LogP contribution in [0, 0.1) is 0 Å². The topological polar surface area (TPSA) is 58.9 Å². The van der Waals surface area contributed by atoms with E-state index in [1.54, 1.807) is 12.2 Å². The predicted octanol–water partition coefficient (Wildman–Crippen LogP) is 4.15. The number of rotatable bonds is 6. The maximum absolute atomic E-state index is 10.8. The molecular weight excluding hydrogens is 391 g/mol. The molecule has 1 unspecified atom stereocenters.